The number of fused-ring (bicyclic) bond motifs is 1. The molecule has 0 fully saturated rings. The van der Waals surface area contributed by atoms with Gasteiger partial charge in [0.2, 0.25) is 5.91 Å². The number of nitrogens with one attached hydrogen (secondary N) is 1. The zero-order valence-electron chi connectivity index (χ0n) is 11.9. The van der Waals surface area contributed by atoms with Gasteiger partial charge in [0.1, 0.15) is 5.82 Å². The summed E-state index contributed by atoms with van der Waals surface area (Å²) in [5.41, 5.74) is 6.15. The van der Waals surface area contributed by atoms with E-state index in [1.807, 2.05) is 13.8 Å². The molecule has 1 aromatic rings. The molecule has 2 rings (SSSR count). The Morgan fingerprint density at radius 3 is 2.85 bits per heavy atom. The van der Waals surface area contributed by atoms with Crippen molar-refractivity contribution in [1.82, 2.24) is 5.32 Å². The Kier molecular flexibility index (Phi) is 4.70. The van der Waals surface area contributed by atoms with Crippen LogP contribution in [0.4, 0.5) is 4.39 Å². The highest BCUT2D eigenvalue weighted by Gasteiger charge is 2.33. The third-order valence-electron chi connectivity index (χ3n) is 4.03. The average molecular weight is 296 g/mol. The summed E-state index contributed by atoms with van der Waals surface area (Å²) in [6.07, 6.45) is 1.98. The fourth-order valence-electron chi connectivity index (χ4n) is 2.39. The summed E-state index contributed by atoms with van der Waals surface area (Å²) in [6, 6.07) is 4.61. The second-order valence-corrected chi connectivity index (χ2v) is 6.35. The first-order valence-corrected chi connectivity index (χ1v) is 8.01. The Hall–Kier alpha value is -1.07. The van der Waals surface area contributed by atoms with Crippen LogP contribution in [0, 0.1) is 5.82 Å². The minimum absolute atomic E-state index is 0.143. The number of carbonyl (C=O) groups excluding carboxylic acids is 1. The predicted octanol–water partition coefficient (Wildman–Crippen LogP) is 3.00. The van der Waals surface area contributed by atoms with Crippen molar-refractivity contribution in [2.75, 3.05) is 5.75 Å². The summed E-state index contributed by atoms with van der Waals surface area (Å²) >= 11 is 1.70. The molecule has 5 heteroatoms. The Bertz CT molecular complexity index is 503. The van der Waals surface area contributed by atoms with Crippen molar-refractivity contribution < 1.29 is 9.18 Å². The van der Waals surface area contributed by atoms with Gasteiger partial charge in [-0.2, -0.15) is 0 Å². The maximum atomic E-state index is 13.4. The number of rotatable bonds is 4. The van der Waals surface area contributed by atoms with E-state index in [-0.39, 0.29) is 17.8 Å². The molecule has 0 bridgehead atoms. The van der Waals surface area contributed by atoms with Crippen LogP contribution in [-0.4, -0.2) is 17.2 Å². The number of hydrogen-bond donors (Lipinski definition) is 2. The van der Waals surface area contributed by atoms with Crippen LogP contribution in [-0.2, 0) is 4.79 Å². The number of hydrogen-bond acceptors (Lipinski definition) is 3. The summed E-state index contributed by atoms with van der Waals surface area (Å²) < 4.78 is 13.4. The summed E-state index contributed by atoms with van der Waals surface area (Å²) in [5, 5.41) is 3.00. The van der Waals surface area contributed by atoms with Gasteiger partial charge >= 0.3 is 0 Å². The number of halogens is 1. The molecule has 1 aromatic carbocycles. The number of carbonyl (C=O) groups is 1. The van der Waals surface area contributed by atoms with E-state index in [1.165, 1.54) is 12.1 Å². The van der Waals surface area contributed by atoms with Crippen molar-refractivity contribution in [2.45, 2.75) is 49.6 Å². The number of benzene rings is 1. The molecule has 0 saturated carbocycles. The molecule has 0 aromatic heterocycles. The number of nitrogens with two attached hydrogens (primary N) is 1. The van der Waals surface area contributed by atoms with Gasteiger partial charge in [-0.3, -0.25) is 4.79 Å². The second-order valence-electron chi connectivity index (χ2n) is 5.21. The van der Waals surface area contributed by atoms with Gasteiger partial charge in [-0.25, -0.2) is 4.39 Å². The van der Waals surface area contributed by atoms with E-state index in [1.54, 1.807) is 17.8 Å². The molecule has 0 aliphatic carbocycles. The Labute approximate surface area is 123 Å². The Morgan fingerprint density at radius 1 is 1.50 bits per heavy atom. The lowest BCUT2D eigenvalue weighted by Crippen LogP contribution is -2.54. The minimum Gasteiger partial charge on any atom is -0.348 e. The zero-order valence-corrected chi connectivity index (χ0v) is 12.7. The van der Waals surface area contributed by atoms with Gasteiger partial charge < -0.3 is 11.1 Å². The second kappa shape index (κ2) is 6.14. The lowest BCUT2D eigenvalue weighted by molar-refractivity contribution is -0.127. The van der Waals surface area contributed by atoms with Gasteiger partial charge in [-0.1, -0.05) is 13.8 Å². The first-order chi connectivity index (χ1) is 9.50. The van der Waals surface area contributed by atoms with E-state index in [2.05, 4.69) is 5.32 Å². The van der Waals surface area contributed by atoms with Crippen LogP contribution in [0.2, 0.25) is 0 Å². The van der Waals surface area contributed by atoms with Gasteiger partial charge in [0.25, 0.3) is 0 Å². The smallest absolute Gasteiger partial charge is 0.240 e. The molecule has 1 atom stereocenters. The molecule has 3 N–H and O–H groups in total. The number of thioether (sulfide) groups is 1. The van der Waals surface area contributed by atoms with E-state index >= 15 is 0 Å². The lowest BCUT2D eigenvalue weighted by atomic mass is 9.92. The van der Waals surface area contributed by atoms with E-state index in [9.17, 15) is 9.18 Å². The fraction of sp³-hybridized carbons (Fsp3) is 0.533. The SMILES string of the molecule is CCC(N)(CC)C(=O)NC1CCSc2ccc(F)cc21. The van der Waals surface area contributed by atoms with Crippen LogP contribution in [0.1, 0.15) is 44.7 Å². The van der Waals surface area contributed by atoms with Gasteiger partial charge in [0.05, 0.1) is 11.6 Å². The van der Waals surface area contributed by atoms with Crippen molar-refractivity contribution in [3.05, 3.63) is 29.6 Å². The predicted molar refractivity (Wildman–Crippen MR) is 80.1 cm³/mol. The molecule has 3 nitrogen and oxygen atoms in total. The van der Waals surface area contributed by atoms with Crippen LogP contribution in [0.5, 0.6) is 0 Å². The molecular weight excluding hydrogens is 275 g/mol. The van der Waals surface area contributed by atoms with Crippen molar-refractivity contribution in [3.63, 3.8) is 0 Å². The third-order valence-corrected chi connectivity index (χ3v) is 5.15. The van der Waals surface area contributed by atoms with Crippen molar-refractivity contribution in [3.8, 4) is 0 Å². The highest BCUT2D eigenvalue weighted by molar-refractivity contribution is 7.99. The first kappa shape index (κ1) is 15.3. The van der Waals surface area contributed by atoms with Crippen molar-refractivity contribution in [2.24, 2.45) is 5.73 Å². The minimum atomic E-state index is -0.835. The molecule has 1 unspecified atom stereocenters. The zero-order chi connectivity index (χ0) is 14.8. The van der Waals surface area contributed by atoms with E-state index in [0.29, 0.717) is 12.8 Å². The van der Waals surface area contributed by atoms with Gasteiger partial charge in [-0.15, -0.1) is 11.8 Å². The largest absolute Gasteiger partial charge is 0.348 e. The topological polar surface area (TPSA) is 55.1 Å². The van der Waals surface area contributed by atoms with Crippen LogP contribution in [0.3, 0.4) is 0 Å². The van der Waals surface area contributed by atoms with Crippen LogP contribution < -0.4 is 11.1 Å². The quantitative estimate of drug-likeness (QED) is 0.898. The van der Waals surface area contributed by atoms with Crippen molar-refractivity contribution in [1.29, 1.82) is 0 Å². The first-order valence-electron chi connectivity index (χ1n) is 7.02. The van der Waals surface area contributed by atoms with E-state index in [0.717, 1.165) is 22.6 Å². The lowest BCUT2D eigenvalue weighted by Gasteiger charge is -2.31. The van der Waals surface area contributed by atoms with Gasteiger partial charge in [0, 0.05) is 10.6 Å². The maximum Gasteiger partial charge on any atom is 0.240 e. The molecular formula is C15H21FN2OS. The summed E-state index contributed by atoms with van der Waals surface area (Å²) in [5.74, 6) is 0.504. The van der Waals surface area contributed by atoms with Gasteiger partial charge in [-0.05, 0) is 43.0 Å². The molecule has 1 aliphatic heterocycles. The summed E-state index contributed by atoms with van der Waals surface area (Å²) in [7, 11) is 0. The molecule has 20 heavy (non-hydrogen) atoms. The van der Waals surface area contributed by atoms with Crippen LogP contribution in [0.25, 0.3) is 0 Å². The van der Waals surface area contributed by atoms with E-state index < -0.39 is 5.54 Å². The molecule has 1 heterocycles. The van der Waals surface area contributed by atoms with Crippen molar-refractivity contribution >= 4 is 17.7 Å². The highest BCUT2D eigenvalue weighted by Crippen LogP contribution is 2.36. The Morgan fingerprint density at radius 2 is 2.20 bits per heavy atom. The van der Waals surface area contributed by atoms with Crippen LogP contribution >= 0.6 is 11.8 Å². The maximum absolute atomic E-state index is 13.4. The van der Waals surface area contributed by atoms with Gasteiger partial charge in [0.15, 0.2) is 0 Å². The number of amides is 1. The molecule has 1 amide bonds. The highest BCUT2D eigenvalue weighted by atomic mass is 32.2. The third kappa shape index (κ3) is 2.99. The van der Waals surface area contributed by atoms with E-state index in [4.69, 9.17) is 5.73 Å². The average Bonchev–Trinajstić information content (AvgIpc) is 2.47. The standard InChI is InChI=1S/C15H21FN2OS/c1-3-15(17,4-2)14(19)18-12-7-8-20-13-6-5-10(16)9-11(12)13/h5-6,9,12H,3-4,7-8,17H2,1-2H3,(H,18,19). The molecule has 0 radical (unpaired) electrons. The molecule has 110 valence electrons. The summed E-state index contributed by atoms with van der Waals surface area (Å²) in [4.78, 5) is 13.4. The summed E-state index contributed by atoms with van der Waals surface area (Å²) in [6.45, 7) is 3.82. The monoisotopic (exact) mass is 296 g/mol. The molecule has 1 aliphatic rings. The van der Waals surface area contributed by atoms with Crippen LogP contribution in [0.15, 0.2) is 23.1 Å². The normalized spacial score (nSPS) is 18.5. The Balaban J connectivity index is 2.20. The molecule has 0 saturated heterocycles. The fourth-order valence-corrected chi connectivity index (χ4v) is 3.49. The molecule has 0 spiro atoms.